The van der Waals surface area contributed by atoms with Crippen molar-refractivity contribution in [2.45, 2.75) is 0 Å². The highest BCUT2D eigenvalue weighted by Crippen LogP contribution is 2.24. The summed E-state index contributed by atoms with van der Waals surface area (Å²) in [4.78, 5) is 7.96. The molecule has 1 aromatic carbocycles. The molecule has 1 aliphatic heterocycles. The molecule has 1 aromatic rings. The van der Waals surface area contributed by atoms with Crippen LogP contribution in [0.1, 0.15) is 5.56 Å². The molecular weight excluding hydrogens is 285 g/mol. The van der Waals surface area contributed by atoms with E-state index in [1.165, 1.54) is 25.5 Å². The van der Waals surface area contributed by atoms with Crippen LogP contribution in [0, 0.1) is 17.1 Å². The quantitative estimate of drug-likeness (QED) is 0.842. The van der Waals surface area contributed by atoms with Gasteiger partial charge in [-0.1, -0.05) is 11.6 Å². The normalized spacial score (nSPS) is 14.4. The van der Waals surface area contributed by atoms with Gasteiger partial charge in [0.05, 0.1) is 25.3 Å². The Balaban J connectivity index is 2.34. The molecule has 0 aromatic heterocycles. The van der Waals surface area contributed by atoms with Crippen molar-refractivity contribution in [1.29, 1.82) is 5.26 Å². The Labute approximate surface area is 119 Å². The van der Waals surface area contributed by atoms with Crippen LogP contribution in [-0.2, 0) is 4.74 Å². The van der Waals surface area contributed by atoms with Crippen LogP contribution in [0.5, 0.6) is 5.75 Å². The third-order valence-corrected chi connectivity index (χ3v) is 2.68. The van der Waals surface area contributed by atoms with Crippen molar-refractivity contribution in [2.24, 2.45) is 9.98 Å². The van der Waals surface area contributed by atoms with Crippen LogP contribution in [0.25, 0.3) is 0 Å². The molecule has 0 N–H and O–H groups in total. The SMILES string of the molecule is COC1=NCC=NC(Oc2ccc(C#N)cc2F)=C1Cl. The second-order valence-corrected chi connectivity index (χ2v) is 4.02. The van der Waals surface area contributed by atoms with Gasteiger partial charge >= 0.3 is 0 Å². The molecule has 0 amide bonds. The monoisotopic (exact) mass is 293 g/mol. The average Bonchev–Trinajstić information content (AvgIpc) is 2.63. The minimum atomic E-state index is -0.684. The van der Waals surface area contributed by atoms with Gasteiger partial charge in [-0.25, -0.2) is 14.4 Å². The van der Waals surface area contributed by atoms with Crippen molar-refractivity contribution in [3.8, 4) is 11.8 Å². The molecule has 2 rings (SSSR count). The minimum absolute atomic E-state index is 0.0200. The molecule has 0 atom stereocenters. The number of hydrogen-bond donors (Lipinski definition) is 0. The second kappa shape index (κ2) is 6.17. The Morgan fingerprint density at radius 2 is 2.25 bits per heavy atom. The zero-order chi connectivity index (χ0) is 14.5. The number of ether oxygens (including phenoxy) is 2. The van der Waals surface area contributed by atoms with E-state index in [2.05, 4.69) is 9.98 Å². The first kappa shape index (κ1) is 14.0. The minimum Gasteiger partial charge on any atom is -0.480 e. The number of halogens is 2. The Morgan fingerprint density at radius 3 is 2.90 bits per heavy atom. The molecule has 102 valence electrons. The van der Waals surface area contributed by atoms with E-state index >= 15 is 0 Å². The van der Waals surface area contributed by atoms with E-state index in [4.69, 9.17) is 26.3 Å². The zero-order valence-corrected chi connectivity index (χ0v) is 11.2. The van der Waals surface area contributed by atoms with Gasteiger partial charge < -0.3 is 9.47 Å². The van der Waals surface area contributed by atoms with Gasteiger partial charge in [0.1, 0.15) is 0 Å². The van der Waals surface area contributed by atoms with E-state index in [1.54, 1.807) is 0 Å². The highest BCUT2D eigenvalue weighted by molar-refractivity contribution is 6.42. The highest BCUT2D eigenvalue weighted by atomic mass is 35.5. The van der Waals surface area contributed by atoms with Gasteiger partial charge in [-0.3, -0.25) is 0 Å². The lowest BCUT2D eigenvalue weighted by Gasteiger charge is -2.09. The lowest BCUT2D eigenvalue weighted by atomic mass is 10.2. The zero-order valence-electron chi connectivity index (χ0n) is 10.4. The van der Waals surface area contributed by atoms with Crippen LogP contribution in [-0.4, -0.2) is 25.8 Å². The third kappa shape index (κ3) is 2.95. The standard InChI is InChI=1S/C13H9ClFN3O2/c1-19-12-11(14)13(18-5-4-17-12)20-10-3-2-8(7-16)6-9(10)15/h2-3,5-6H,4H2,1H3. The number of aliphatic imine (C=N–C) groups is 2. The van der Waals surface area contributed by atoms with Crippen LogP contribution < -0.4 is 4.74 Å². The van der Waals surface area contributed by atoms with Gasteiger partial charge in [-0.05, 0) is 18.2 Å². The number of methoxy groups -OCH3 is 1. The second-order valence-electron chi connectivity index (χ2n) is 3.64. The van der Waals surface area contributed by atoms with Crippen LogP contribution in [0.2, 0.25) is 0 Å². The van der Waals surface area contributed by atoms with Crippen LogP contribution in [0.3, 0.4) is 0 Å². The van der Waals surface area contributed by atoms with Crippen LogP contribution in [0.4, 0.5) is 4.39 Å². The first-order valence-electron chi connectivity index (χ1n) is 5.54. The van der Waals surface area contributed by atoms with Crippen molar-refractivity contribution >= 4 is 23.7 Å². The van der Waals surface area contributed by atoms with Gasteiger partial charge in [-0.2, -0.15) is 5.26 Å². The summed E-state index contributed by atoms with van der Waals surface area (Å²) < 4.78 is 24.0. The number of nitrogens with zero attached hydrogens (tertiary/aromatic N) is 3. The van der Waals surface area contributed by atoms with Crippen molar-refractivity contribution in [3.05, 3.63) is 40.5 Å². The summed E-state index contributed by atoms with van der Waals surface area (Å²) >= 11 is 6.02. The summed E-state index contributed by atoms with van der Waals surface area (Å²) in [6, 6.07) is 5.65. The molecule has 5 nitrogen and oxygen atoms in total. The third-order valence-electron chi connectivity index (χ3n) is 2.36. The van der Waals surface area contributed by atoms with E-state index in [1.807, 2.05) is 6.07 Å². The summed E-state index contributed by atoms with van der Waals surface area (Å²) in [5.41, 5.74) is 0.193. The number of hydrogen-bond acceptors (Lipinski definition) is 5. The average molecular weight is 294 g/mol. The lowest BCUT2D eigenvalue weighted by Crippen LogP contribution is -2.06. The van der Waals surface area contributed by atoms with E-state index in [0.29, 0.717) is 0 Å². The van der Waals surface area contributed by atoms with E-state index in [-0.39, 0.29) is 34.7 Å². The molecule has 7 heteroatoms. The topological polar surface area (TPSA) is 67.0 Å². The number of nitriles is 1. The van der Waals surface area contributed by atoms with Gasteiger partial charge in [0.2, 0.25) is 11.8 Å². The molecule has 0 radical (unpaired) electrons. The molecule has 0 aliphatic carbocycles. The molecule has 20 heavy (non-hydrogen) atoms. The fourth-order valence-electron chi connectivity index (χ4n) is 1.45. The molecule has 0 saturated carbocycles. The largest absolute Gasteiger partial charge is 0.480 e. The van der Waals surface area contributed by atoms with E-state index in [0.717, 1.165) is 6.07 Å². The molecule has 0 spiro atoms. The van der Waals surface area contributed by atoms with Crippen molar-refractivity contribution in [3.63, 3.8) is 0 Å². The van der Waals surface area contributed by atoms with E-state index < -0.39 is 5.82 Å². The summed E-state index contributed by atoms with van der Waals surface area (Å²) in [6.07, 6.45) is 1.46. The Kier molecular flexibility index (Phi) is 4.33. The van der Waals surface area contributed by atoms with Crippen LogP contribution in [0.15, 0.2) is 39.1 Å². The maximum absolute atomic E-state index is 13.7. The van der Waals surface area contributed by atoms with Crippen LogP contribution >= 0.6 is 11.6 Å². The van der Waals surface area contributed by atoms with E-state index in [9.17, 15) is 4.39 Å². The summed E-state index contributed by atoms with van der Waals surface area (Å²) in [5, 5.41) is 8.72. The summed E-state index contributed by atoms with van der Waals surface area (Å²) in [6.45, 7) is 0.280. The summed E-state index contributed by atoms with van der Waals surface area (Å²) in [7, 11) is 1.41. The molecular formula is C13H9ClFN3O2. The molecule has 1 aliphatic rings. The first-order valence-corrected chi connectivity index (χ1v) is 5.92. The predicted octanol–water partition coefficient (Wildman–Crippen LogP) is 2.61. The van der Waals surface area contributed by atoms with Crippen molar-refractivity contribution in [1.82, 2.24) is 0 Å². The summed E-state index contributed by atoms with van der Waals surface area (Å²) in [5.74, 6) is -0.635. The molecule has 0 saturated heterocycles. The van der Waals surface area contributed by atoms with Gasteiger partial charge in [0.25, 0.3) is 0 Å². The number of benzene rings is 1. The molecule has 0 fully saturated rings. The smallest absolute Gasteiger partial charge is 0.243 e. The predicted molar refractivity (Wildman–Crippen MR) is 72.4 cm³/mol. The van der Waals surface area contributed by atoms with Gasteiger partial charge in [0, 0.05) is 6.21 Å². The maximum atomic E-state index is 13.7. The van der Waals surface area contributed by atoms with Crippen molar-refractivity contribution in [2.75, 3.05) is 13.7 Å². The van der Waals surface area contributed by atoms with Gasteiger partial charge in [0.15, 0.2) is 16.6 Å². The number of rotatable bonds is 2. The fraction of sp³-hybridized carbons (Fsp3) is 0.154. The molecule has 0 bridgehead atoms. The fourth-order valence-corrected chi connectivity index (χ4v) is 1.67. The Hall–Kier alpha value is -2.39. The maximum Gasteiger partial charge on any atom is 0.243 e. The Morgan fingerprint density at radius 1 is 1.45 bits per heavy atom. The molecule has 1 heterocycles. The lowest BCUT2D eigenvalue weighted by molar-refractivity contribution is 0.381. The van der Waals surface area contributed by atoms with Crippen molar-refractivity contribution < 1.29 is 13.9 Å². The highest BCUT2D eigenvalue weighted by Gasteiger charge is 2.17. The van der Waals surface area contributed by atoms with Gasteiger partial charge in [-0.15, -0.1) is 0 Å². The Bertz CT molecular complexity index is 662. The molecule has 0 unspecified atom stereocenters. The first-order chi connectivity index (χ1) is 9.65.